The van der Waals surface area contributed by atoms with Crippen molar-refractivity contribution in [3.63, 3.8) is 0 Å². The maximum absolute atomic E-state index is 11.7. The van der Waals surface area contributed by atoms with Crippen LogP contribution in [0.1, 0.15) is 12.2 Å². The highest BCUT2D eigenvalue weighted by molar-refractivity contribution is 6.37. The molecule has 100 valence electrons. The molecule has 0 unspecified atom stereocenters. The van der Waals surface area contributed by atoms with Gasteiger partial charge in [-0.15, -0.1) is 0 Å². The molecule has 6 heteroatoms. The van der Waals surface area contributed by atoms with Gasteiger partial charge >= 0.3 is 0 Å². The minimum Gasteiger partial charge on any atom is -0.505 e. The minimum absolute atomic E-state index is 0.0915. The van der Waals surface area contributed by atoms with Crippen molar-refractivity contribution < 1.29 is 14.3 Å². The summed E-state index contributed by atoms with van der Waals surface area (Å²) >= 11 is 11.5. The maximum Gasteiger partial charge on any atom is 0.224 e. The first-order valence-corrected chi connectivity index (χ1v) is 6.32. The Morgan fingerprint density at radius 3 is 2.58 bits per heavy atom. The summed E-state index contributed by atoms with van der Waals surface area (Å²) in [6.45, 7) is 0. The van der Waals surface area contributed by atoms with E-state index in [1.54, 1.807) is 12.3 Å². The lowest BCUT2D eigenvalue weighted by atomic mass is 10.2. The molecule has 0 atom stereocenters. The average molecular weight is 300 g/mol. The summed E-state index contributed by atoms with van der Waals surface area (Å²) in [5.74, 6) is 0.364. The van der Waals surface area contributed by atoms with E-state index < -0.39 is 0 Å². The topological polar surface area (TPSA) is 62.5 Å². The van der Waals surface area contributed by atoms with Crippen molar-refractivity contribution in [1.82, 2.24) is 0 Å². The third-order valence-corrected chi connectivity index (χ3v) is 3.06. The van der Waals surface area contributed by atoms with Crippen LogP contribution in [0.4, 0.5) is 5.69 Å². The van der Waals surface area contributed by atoms with Gasteiger partial charge in [-0.3, -0.25) is 4.79 Å². The summed E-state index contributed by atoms with van der Waals surface area (Å²) in [6, 6.07) is 6.45. The third kappa shape index (κ3) is 3.66. The lowest BCUT2D eigenvalue weighted by Gasteiger charge is -2.07. The van der Waals surface area contributed by atoms with Crippen LogP contribution in [0.25, 0.3) is 0 Å². The highest BCUT2D eigenvalue weighted by Crippen LogP contribution is 2.34. The van der Waals surface area contributed by atoms with Crippen molar-refractivity contribution in [3.05, 3.63) is 46.3 Å². The zero-order chi connectivity index (χ0) is 13.8. The second kappa shape index (κ2) is 5.99. The van der Waals surface area contributed by atoms with Gasteiger partial charge in [-0.25, -0.2) is 0 Å². The number of phenols is 1. The van der Waals surface area contributed by atoms with Crippen molar-refractivity contribution >= 4 is 34.8 Å². The predicted molar refractivity (Wildman–Crippen MR) is 73.8 cm³/mol. The van der Waals surface area contributed by atoms with Crippen LogP contribution >= 0.6 is 23.2 Å². The molecule has 4 nitrogen and oxygen atoms in total. The lowest BCUT2D eigenvalue weighted by molar-refractivity contribution is -0.116. The van der Waals surface area contributed by atoms with Gasteiger partial charge in [0.1, 0.15) is 5.76 Å². The van der Waals surface area contributed by atoms with E-state index in [0.717, 1.165) is 5.76 Å². The number of amides is 1. The van der Waals surface area contributed by atoms with Crippen LogP contribution in [0.2, 0.25) is 10.0 Å². The summed E-state index contributed by atoms with van der Waals surface area (Å²) in [5.41, 5.74) is 0.442. The van der Waals surface area contributed by atoms with Crippen molar-refractivity contribution in [2.45, 2.75) is 12.8 Å². The Kier molecular flexibility index (Phi) is 4.35. The van der Waals surface area contributed by atoms with Crippen LogP contribution in [0, 0.1) is 0 Å². The fourth-order valence-electron chi connectivity index (χ4n) is 1.55. The summed E-state index contributed by atoms with van der Waals surface area (Å²) in [7, 11) is 0. The molecule has 2 N–H and O–H groups in total. The average Bonchev–Trinajstić information content (AvgIpc) is 2.86. The molecule has 19 heavy (non-hydrogen) atoms. The molecule has 0 aliphatic carbocycles. The van der Waals surface area contributed by atoms with Crippen LogP contribution in [0.5, 0.6) is 5.75 Å². The van der Waals surface area contributed by atoms with E-state index >= 15 is 0 Å². The van der Waals surface area contributed by atoms with Crippen LogP contribution in [-0.2, 0) is 11.2 Å². The monoisotopic (exact) mass is 299 g/mol. The highest BCUT2D eigenvalue weighted by atomic mass is 35.5. The standard InChI is InChI=1S/C13H11Cl2NO3/c14-10-6-8(7-11(15)13(10)18)16-12(17)4-3-9-2-1-5-19-9/h1-2,5-7,18H,3-4H2,(H,16,17). The molecule has 0 fully saturated rings. The van der Waals surface area contributed by atoms with Crippen LogP contribution in [-0.4, -0.2) is 11.0 Å². The first kappa shape index (κ1) is 13.8. The predicted octanol–water partition coefficient (Wildman–Crippen LogP) is 3.86. The van der Waals surface area contributed by atoms with Gasteiger partial charge in [0.15, 0.2) is 5.75 Å². The second-order valence-corrected chi connectivity index (χ2v) is 4.73. The Morgan fingerprint density at radius 1 is 1.32 bits per heavy atom. The maximum atomic E-state index is 11.7. The number of aromatic hydroxyl groups is 1. The number of hydrogen-bond donors (Lipinski definition) is 2. The number of carbonyl (C=O) groups is 1. The van der Waals surface area contributed by atoms with Crippen LogP contribution in [0.3, 0.4) is 0 Å². The molecule has 1 aromatic carbocycles. The largest absolute Gasteiger partial charge is 0.505 e. The molecule has 0 spiro atoms. The normalized spacial score (nSPS) is 10.4. The molecule has 0 saturated carbocycles. The van der Waals surface area contributed by atoms with E-state index in [2.05, 4.69) is 5.32 Å². The Balaban J connectivity index is 1.95. The van der Waals surface area contributed by atoms with Gasteiger partial charge in [-0.05, 0) is 24.3 Å². The summed E-state index contributed by atoms with van der Waals surface area (Å²) in [4.78, 5) is 11.7. The first-order chi connectivity index (χ1) is 9.06. The Bertz CT molecular complexity index is 559. The lowest BCUT2D eigenvalue weighted by Crippen LogP contribution is -2.12. The quantitative estimate of drug-likeness (QED) is 0.843. The number of rotatable bonds is 4. The fourth-order valence-corrected chi connectivity index (χ4v) is 2.04. The number of halogens is 2. The summed E-state index contributed by atoms with van der Waals surface area (Å²) < 4.78 is 5.13. The highest BCUT2D eigenvalue weighted by Gasteiger charge is 2.09. The molecule has 1 aromatic heterocycles. The zero-order valence-corrected chi connectivity index (χ0v) is 11.3. The number of furan rings is 1. The van der Waals surface area contributed by atoms with E-state index in [4.69, 9.17) is 27.6 Å². The molecule has 0 aliphatic rings. The number of nitrogens with one attached hydrogen (secondary N) is 1. The molecule has 0 aliphatic heterocycles. The van der Waals surface area contributed by atoms with E-state index in [9.17, 15) is 9.90 Å². The fraction of sp³-hybridized carbons (Fsp3) is 0.154. The van der Waals surface area contributed by atoms with Gasteiger partial charge < -0.3 is 14.8 Å². The van der Waals surface area contributed by atoms with Crippen molar-refractivity contribution in [2.75, 3.05) is 5.32 Å². The number of carbonyl (C=O) groups excluding carboxylic acids is 1. The SMILES string of the molecule is O=C(CCc1ccco1)Nc1cc(Cl)c(O)c(Cl)c1. The second-order valence-electron chi connectivity index (χ2n) is 3.92. The van der Waals surface area contributed by atoms with Gasteiger partial charge in [-0.1, -0.05) is 23.2 Å². The molecule has 1 heterocycles. The molecule has 1 amide bonds. The smallest absolute Gasteiger partial charge is 0.224 e. The minimum atomic E-state index is -0.197. The molecule has 0 bridgehead atoms. The Morgan fingerprint density at radius 2 is 2.00 bits per heavy atom. The molecular weight excluding hydrogens is 289 g/mol. The van der Waals surface area contributed by atoms with Crippen molar-refractivity contribution in [1.29, 1.82) is 0 Å². The van der Waals surface area contributed by atoms with E-state index in [1.807, 2.05) is 6.07 Å². The molecule has 2 aromatic rings. The number of hydrogen-bond acceptors (Lipinski definition) is 3. The van der Waals surface area contributed by atoms with Crippen LogP contribution in [0.15, 0.2) is 34.9 Å². The zero-order valence-electron chi connectivity index (χ0n) is 9.82. The number of benzene rings is 1. The summed E-state index contributed by atoms with van der Waals surface area (Å²) in [6.07, 6.45) is 2.36. The van der Waals surface area contributed by atoms with Gasteiger partial charge in [0.2, 0.25) is 5.91 Å². The molecule has 2 rings (SSSR count). The number of phenolic OH excluding ortho intramolecular Hbond substituents is 1. The summed E-state index contributed by atoms with van der Waals surface area (Å²) in [5, 5.41) is 12.2. The van der Waals surface area contributed by atoms with Gasteiger partial charge in [0, 0.05) is 18.5 Å². The van der Waals surface area contributed by atoms with Crippen molar-refractivity contribution in [2.24, 2.45) is 0 Å². The van der Waals surface area contributed by atoms with Gasteiger partial charge in [-0.2, -0.15) is 0 Å². The van der Waals surface area contributed by atoms with E-state index in [0.29, 0.717) is 12.1 Å². The van der Waals surface area contributed by atoms with Gasteiger partial charge in [0.05, 0.1) is 16.3 Å². The Labute approximate surface area is 119 Å². The number of anilines is 1. The van der Waals surface area contributed by atoms with E-state index in [1.165, 1.54) is 12.1 Å². The first-order valence-electron chi connectivity index (χ1n) is 5.56. The number of aryl methyl sites for hydroxylation is 1. The molecular formula is C13H11Cl2NO3. The van der Waals surface area contributed by atoms with Crippen molar-refractivity contribution in [3.8, 4) is 5.75 Å². The van der Waals surface area contributed by atoms with Crippen LogP contribution < -0.4 is 5.32 Å². The molecule has 0 saturated heterocycles. The van der Waals surface area contributed by atoms with E-state index in [-0.39, 0.29) is 28.1 Å². The third-order valence-electron chi connectivity index (χ3n) is 2.48. The molecule has 0 radical (unpaired) electrons. The van der Waals surface area contributed by atoms with Gasteiger partial charge in [0.25, 0.3) is 0 Å². The Hall–Kier alpha value is -1.65.